The zero-order chi connectivity index (χ0) is 75.3. The van der Waals surface area contributed by atoms with E-state index >= 15 is 0 Å². The molecule has 0 heterocycles. The molecule has 3 N–H and O–H groups in total. The molecule has 19 heteroatoms. The van der Waals surface area contributed by atoms with Gasteiger partial charge in [0, 0.05) is 25.7 Å². The number of allylic oxidation sites excluding steroid dienone is 4. The van der Waals surface area contributed by atoms with E-state index < -0.39 is 97.5 Å². The molecular weight excluding hydrogens is 1340 g/mol. The molecule has 0 spiro atoms. The van der Waals surface area contributed by atoms with Crippen molar-refractivity contribution in [2.75, 3.05) is 39.6 Å². The number of carbonyl (C=O) groups is 4. The van der Waals surface area contributed by atoms with Crippen LogP contribution < -0.4 is 0 Å². The third-order valence-electron chi connectivity index (χ3n) is 19.2. The van der Waals surface area contributed by atoms with E-state index in [2.05, 4.69) is 52.0 Å². The highest BCUT2D eigenvalue weighted by Gasteiger charge is 2.30. The number of hydrogen-bond donors (Lipinski definition) is 3. The van der Waals surface area contributed by atoms with Crippen LogP contribution in [0.25, 0.3) is 0 Å². The summed E-state index contributed by atoms with van der Waals surface area (Å²) in [5, 5.41) is 10.6. The van der Waals surface area contributed by atoms with Crippen LogP contribution in [0.5, 0.6) is 0 Å². The van der Waals surface area contributed by atoms with E-state index in [0.29, 0.717) is 25.7 Å². The second-order valence-electron chi connectivity index (χ2n) is 29.5. The van der Waals surface area contributed by atoms with Crippen molar-refractivity contribution in [1.82, 2.24) is 0 Å². The zero-order valence-electron chi connectivity index (χ0n) is 66.8. The summed E-state index contributed by atoms with van der Waals surface area (Å²) in [6, 6.07) is 0. The Balaban J connectivity index is 5.21. The molecule has 0 fully saturated rings. The fourth-order valence-electron chi connectivity index (χ4n) is 12.6. The molecule has 0 aliphatic rings. The van der Waals surface area contributed by atoms with E-state index in [1.807, 2.05) is 0 Å². The molecule has 0 aromatic heterocycles. The van der Waals surface area contributed by atoms with Crippen LogP contribution in [0.15, 0.2) is 24.3 Å². The molecule has 608 valence electrons. The van der Waals surface area contributed by atoms with Crippen LogP contribution in [0, 0.1) is 0 Å². The van der Waals surface area contributed by atoms with E-state index in [1.165, 1.54) is 244 Å². The lowest BCUT2D eigenvalue weighted by molar-refractivity contribution is -0.161. The highest BCUT2D eigenvalue weighted by atomic mass is 31.2. The first-order valence-electron chi connectivity index (χ1n) is 43.1. The standard InChI is InChI=1S/C84H160O17P2/c1-5-9-13-17-21-25-28-31-34-36-38-39-40-41-43-46-49-52-55-59-63-67-71-84(89)101-80(75-95-82(87)69-65-61-57-53-50-47-45-42-37-35-32-29-26-22-18-14-10-6-2)77-99-103(92,93)97-73-78(85)72-96-102(90,91)98-76-79(74-94-81(86)68-64-60-56-24-20-16-12-8-4)100-83(88)70-66-62-58-54-51-48-44-33-30-27-23-19-15-11-7-3/h27,30,33,44,78-80,85H,5-26,28-29,31-32,34-43,45-77H2,1-4H3,(H,90,91)(H,92,93)/b30-27-,44-33-/t78-,79+,80+/m0/s1. The molecule has 17 nitrogen and oxygen atoms in total. The maximum atomic E-state index is 13.1. The van der Waals surface area contributed by atoms with Crippen LogP contribution >= 0.6 is 15.6 Å². The number of esters is 4. The monoisotopic (exact) mass is 1500 g/mol. The van der Waals surface area contributed by atoms with Crippen LogP contribution in [0.2, 0.25) is 0 Å². The van der Waals surface area contributed by atoms with E-state index in [9.17, 15) is 43.2 Å². The van der Waals surface area contributed by atoms with Crippen molar-refractivity contribution < 1.29 is 80.2 Å². The summed E-state index contributed by atoms with van der Waals surface area (Å²) < 4.78 is 68.7. The lowest BCUT2D eigenvalue weighted by Crippen LogP contribution is -2.30. The SMILES string of the molecule is CCCCCC/C=C\C=C/CCCCCCCC(=O)O[C@H](COC(=O)CCCCCCCCCC)COP(=O)(O)OC[C@H](O)COP(=O)(O)OC[C@@H](COC(=O)CCCCCCCCCCCCCCCCCCCC)OC(=O)CCCCCCCCCCCCCCCCCCCCCCCC. The Bertz CT molecular complexity index is 2040. The van der Waals surface area contributed by atoms with Gasteiger partial charge in [-0.15, -0.1) is 0 Å². The third kappa shape index (κ3) is 77.5. The normalized spacial score (nSPS) is 13.9. The van der Waals surface area contributed by atoms with Gasteiger partial charge in [0.15, 0.2) is 12.2 Å². The summed E-state index contributed by atoms with van der Waals surface area (Å²) in [6.45, 7) is 4.94. The van der Waals surface area contributed by atoms with Crippen LogP contribution in [-0.2, 0) is 65.4 Å². The average Bonchev–Trinajstić information content (AvgIpc) is 0.928. The van der Waals surface area contributed by atoms with Crippen molar-refractivity contribution in [2.24, 2.45) is 0 Å². The minimum atomic E-state index is -4.97. The number of phosphoric acid groups is 2. The highest BCUT2D eigenvalue weighted by molar-refractivity contribution is 7.47. The predicted molar refractivity (Wildman–Crippen MR) is 423 cm³/mol. The molecule has 0 radical (unpaired) electrons. The molecule has 0 saturated carbocycles. The molecular formula is C84H160O17P2. The summed E-state index contributed by atoms with van der Waals surface area (Å²) in [6.07, 6.45) is 74.6. The van der Waals surface area contributed by atoms with Gasteiger partial charge in [0.1, 0.15) is 19.3 Å². The number of aliphatic hydroxyl groups excluding tert-OH is 1. The summed E-state index contributed by atoms with van der Waals surface area (Å²) in [4.78, 5) is 73.0. The van der Waals surface area contributed by atoms with Gasteiger partial charge in [0.05, 0.1) is 26.4 Å². The van der Waals surface area contributed by atoms with Crippen molar-refractivity contribution in [3.63, 3.8) is 0 Å². The summed E-state index contributed by atoms with van der Waals surface area (Å²) >= 11 is 0. The van der Waals surface area contributed by atoms with Gasteiger partial charge in [0.25, 0.3) is 0 Å². The van der Waals surface area contributed by atoms with Gasteiger partial charge >= 0.3 is 39.5 Å². The fraction of sp³-hybridized carbons (Fsp3) is 0.905. The van der Waals surface area contributed by atoms with Crippen molar-refractivity contribution in [3.05, 3.63) is 24.3 Å². The summed E-state index contributed by atoms with van der Waals surface area (Å²) in [5.74, 6) is -2.14. The van der Waals surface area contributed by atoms with E-state index in [0.717, 1.165) is 109 Å². The van der Waals surface area contributed by atoms with Gasteiger partial charge in [-0.05, 0) is 51.4 Å². The topological polar surface area (TPSA) is 237 Å². The smallest absolute Gasteiger partial charge is 0.462 e. The molecule has 0 bridgehead atoms. The van der Waals surface area contributed by atoms with Gasteiger partial charge in [-0.25, -0.2) is 9.13 Å². The minimum absolute atomic E-state index is 0.0855. The zero-order valence-corrected chi connectivity index (χ0v) is 68.6. The maximum Gasteiger partial charge on any atom is 0.472 e. The van der Waals surface area contributed by atoms with Gasteiger partial charge in [-0.1, -0.05) is 379 Å². The summed E-state index contributed by atoms with van der Waals surface area (Å²) in [7, 11) is -9.93. The number of hydrogen-bond acceptors (Lipinski definition) is 15. The van der Waals surface area contributed by atoms with Crippen molar-refractivity contribution in [3.8, 4) is 0 Å². The molecule has 0 aliphatic heterocycles. The third-order valence-corrected chi connectivity index (χ3v) is 21.1. The second kappa shape index (κ2) is 77.7. The molecule has 5 atom stereocenters. The van der Waals surface area contributed by atoms with E-state index in [-0.39, 0.29) is 25.7 Å². The predicted octanol–water partition coefficient (Wildman–Crippen LogP) is 25.3. The largest absolute Gasteiger partial charge is 0.472 e. The second-order valence-corrected chi connectivity index (χ2v) is 32.4. The number of carbonyl (C=O) groups excluding carboxylic acids is 4. The first-order valence-corrected chi connectivity index (χ1v) is 46.1. The van der Waals surface area contributed by atoms with Gasteiger partial charge in [-0.3, -0.25) is 37.3 Å². The number of unbranched alkanes of at least 4 members (excludes halogenated alkanes) is 54. The van der Waals surface area contributed by atoms with E-state index in [1.54, 1.807) is 0 Å². The van der Waals surface area contributed by atoms with Crippen LogP contribution in [0.1, 0.15) is 432 Å². The minimum Gasteiger partial charge on any atom is -0.462 e. The summed E-state index contributed by atoms with van der Waals surface area (Å²) in [5.41, 5.74) is 0. The molecule has 0 saturated heterocycles. The lowest BCUT2D eigenvalue weighted by atomic mass is 10.0. The number of phosphoric ester groups is 2. The van der Waals surface area contributed by atoms with E-state index in [4.69, 9.17) is 37.0 Å². The van der Waals surface area contributed by atoms with Gasteiger partial charge < -0.3 is 33.8 Å². The van der Waals surface area contributed by atoms with Crippen LogP contribution in [0.3, 0.4) is 0 Å². The first-order chi connectivity index (χ1) is 50.2. The Kier molecular flexibility index (Phi) is 75.8. The Morgan fingerprint density at radius 2 is 0.466 bits per heavy atom. The first kappa shape index (κ1) is 101. The average molecular weight is 1500 g/mol. The molecule has 0 amide bonds. The Morgan fingerprint density at radius 1 is 0.272 bits per heavy atom. The van der Waals surface area contributed by atoms with Crippen LogP contribution in [0.4, 0.5) is 0 Å². The number of ether oxygens (including phenoxy) is 4. The molecule has 103 heavy (non-hydrogen) atoms. The molecule has 0 aliphatic carbocycles. The fourth-order valence-corrected chi connectivity index (χ4v) is 14.2. The van der Waals surface area contributed by atoms with Crippen molar-refractivity contribution in [1.29, 1.82) is 0 Å². The Hall–Kier alpha value is -2.46. The number of aliphatic hydroxyl groups is 1. The highest BCUT2D eigenvalue weighted by Crippen LogP contribution is 2.45. The quantitative estimate of drug-likeness (QED) is 0.0169. The van der Waals surface area contributed by atoms with Crippen molar-refractivity contribution >= 4 is 39.5 Å². The lowest BCUT2D eigenvalue weighted by Gasteiger charge is -2.21. The van der Waals surface area contributed by atoms with Crippen molar-refractivity contribution in [2.45, 2.75) is 451 Å². The molecule has 2 unspecified atom stereocenters. The Morgan fingerprint density at radius 3 is 0.709 bits per heavy atom. The molecule has 0 aromatic carbocycles. The number of rotatable bonds is 83. The van der Waals surface area contributed by atoms with Gasteiger partial charge in [-0.2, -0.15) is 0 Å². The molecule has 0 rings (SSSR count). The maximum absolute atomic E-state index is 13.1. The van der Waals surface area contributed by atoms with Crippen LogP contribution in [-0.4, -0.2) is 96.7 Å². The Labute approximate surface area is 631 Å². The van der Waals surface area contributed by atoms with Gasteiger partial charge in [0.2, 0.25) is 0 Å². The molecule has 0 aromatic rings.